The Hall–Kier alpha value is 0.0200. The summed E-state index contributed by atoms with van der Waals surface area (Å²) in [5, 5.41) is 0. The van der Waals surface area contributed by atoms with E-state index in [1.807, 2.05) is 0 Å². The minimum Gasteiger partial charge on any atom is -0.281 e. The van der Waals surface area contributed by atoms with Crippen LogP contribution in [0.2, 0.25) is 0 Å². The Labute approximate surface area is 110 Å². The summed E-state index contributed by atoms with van der Waals surface area (Å²) in [4.78, 5) is 0. The van der Waals surface area contributed by atoms with Crippen LogP contribution in [0.5, 0.6) is 0 Å². The molecule has 0 fully saturated rings. The van der Waals surface area contributed by atoms with Crippen molar-refractivity contribution in [1.29, 1.82) is 0 Å². The summed E-state index contributed by atoms with van der Waals surface area (Å²) in [5.41, 5.74) is -6.04. The van der Waals surface area contributed by atoms with E-state index in [4.69, 9.17) is 11.2 Å². The van der Waals surface area contributed by atoms with Crippen molar-refractivity contribution in [3.63, 3.8) is 0 Å². The molecule has 0 saturated carbocycles. The number of hydrogen-bond acceptors (Lipinski definition) is 3. The highest BCUT2D eigenvalue weighted by molar-refractivity contribution is 7.81. The molecule has 0 bridgehead atoms. The average molecular weight is 337 g/mol. The molecule has 0 aromatic rings. The van der Waals surface area contributed by atoms with Crippen molar-refractivity contribution in [2.45, 2.75) is 51.2 Å². The van der Waals surface area contributed by atoms with Crippen LogP contribution >= 0.6 is 18.2 Å². The Bertz CT molecular complexity index is 344. The Balaban J connectivity index is 5.10. The quantitative estimate of drug-likeness (QED) is 0.532. The van der Waals surface area contributed by atoms with Gasteiger partial charge in [-0.1, -0.05) is 0 Å². The zero-order chi connectivity index (χ0) is 15.9. The van der Waals surface area contributed by atoms with E-state index in [1.165, 1.54) is 0 Å². The van der Waals surface area contributed by atoms with Crippen molar-refractivity contribution in [1.82, 2.24) is 0 Å². The number of alkyl halides is 6. The smallest absolute Gasteiger partial charge is 0.281 e. The second-order valence-electron chi connectivity index (χ2n) is 4.63. The van der Waals surface area contributed by atoms with Crippen molar-refractivity contribution >= 4 is 18.2 Å². The van der Waals surface area contributed by atoms with E-state index in [-0.39, 0.29) is 0 Å². The first-order valence-corrected chi connectivity index (χ1v) is 7.21. The van der Waals surface area contributed by atoms with Gasteiger partial charge in [-0.15, -0.1) is 0 Å². The van der Waals surface area contributed by atoms with E-state index in [9.17, 15) is 30.9 Å². The molecule has 0 amide bonds. The van der Waals surface area contributed by atoms with Gasteiger partial charge in [0.25, 0.3) is 0 Å². The van der Waals surface area contributed by atoms with E-state index in [1.54, 1.807) is 0 Å². The summed E-state index contributed by atoms with van der Waals surface area (Å²) in [6.45, 7) is -3.24. The van der Waals surface area contributed by atoms with Crippen LogP contribution in [0, 0.1) is 0 Å². The number of halogens is 7. The van der Waals surface area contributed by atoms with Crippen LogP contribution in [0.4, 0.5) is 26.3 Å². The van der Waals surface area contributed by atoms with Crippen LogP contribution in [-0.2, 0) is 13.6 Å². The van der Waals surface area contributed by atoms with Crippen LogP contribution in [-0.4, -0.2) is 23.6 Å². The van der Waals surface area contributed by atoms with Crippen molar-refractivity contribution in [3.8, 4) is 0 Å². The molecule has 0 N–H and O–H groups in total. The predicted molar refractivity (Wildman–Crippen MR) is 55.9 cm³/mol. The maximum atomic E-state index is 12.4. The first kappa shape index (κ1) is 19.0. The third-order valence-electron chi connectivity index (χ3n) is 2.04. The molecule has 0 rings (SSSR count). The van der Waals surface area contributed by atoms with Gasteiger partial charge in [0.05, 0.1) is 0 Å². The third kappa shape index (κ3) is 5.13. The molecule has 0 aliphatic heterocycles. The number of hydrogen-bond donors (Lipinski definition) is 0. The van der Waals surface area contributed by atoms with Gasteiger partial charge >= 0.3 is 19.3 Å². The standard InChI is InChI=1S/C8H12ClF6O3P/c1-5(2,7(10,11)12)17-19(9,16)18-6(3,4)8(13,14)15/h1-4H3. The SMILES string of the molecule is CC(C)(OP(=O)(Cl)OC(C)(C)C(F)(F)F)C(F)(F)F. The van der Waals surface area contributed by atoms with Crippen molar-refractivity contribution < 1.29 is 40.0 Å². The molecule has 0 radical (unpaired) electrons. The molecule has 0 aliphatic rings. The lowest BCUT2D eigenvalue weighted by Gasteiger charge is -2.33. The van der Waals surface area contributed by atoms with Crippen molar-refractivity contribution in [2.24, 2.45) is 0 Å². The largest absolute Gasteiger partial charge is 0.425 e. The molecule has 19 heavy (non-hydrogen) atoms. The Morgan fingerprint density at radius 1 is 0.789 bits per heavy atom. The lowest BCUT2D eigenvalue weighted by Crippen LogP contribution is -2.43. The fourth-order valence-electron chi connectivity index (χ4n) is 0.667. The van der Waals surface area contributed by atoms with E-state index >= 15 is 0 Å². The molecule has 0 aromatic heterocycles. The summed E-state index contributed by atoms with van der Waals surface area (Å²) >= 11 is 5.03. The fourth-order valence-corrected chi connectivity index (χ4v) is 3.04. The lowest BCUT2D eigenvalue weighted by atomic mass is 10.1. The van der Waals surface area contributed by atoms with Gasteiger partial charge in [-0.25, -0.2) is 4.57 Å². The molecule has 0 aliphatic carbocycles. The Kier molecular flexibility index (Phi) is 5.10. The highest BCUT2D eigenvalue weighted by atomic mass is 35.7. The molecular weight excluding hydrogens is 324 g/mol. The summed E-state index contributed by atoms with van der Waals surface area (Å²) in [7, 11) is 0. The average Bonchev–Trinajstić information content (AvgIpc) is 1.93. The highest BCUT2D eigenvalue weighted by Gasteiger charge is 2.57. The summed E-state index contributed by atoms with van der Waals surface area (Å²) < 4.78 is 94.1. The first-order chi connectivity index (χ1) is 7.91. The monoisotopic (exact) mass is 336 g/mol. The van der Waals surface area contributed by atoms with Gasteiger partial charge in [-0.05, 0) is 27.7 Å². The normalized spacial score (nSPS) is 15.7. The van der Waals surface area contributed by atoms with E-state index in [0.717, 1.165) is 0 Å². The van der Waals surface area contributed by atoms with Crippen LogP contribution in [0.15, 0.2) is 0 Å². The molecule has 11 heteroatoms. The molecule has 3 nitrogen and oxygen atoms in total. The molecule has 0 aromatic carbocycles. The minimum absolute atomic E-state index is 0.464. The molecule has 0 saturated heterocycles. The van der Waals surface area contributed by atoms with Crippen LogP contribution in [0.25, 0.3) is 0 Å². The van der Waals surface area contributed by atoms with Crippen LogP contribution in [0.1, 0.15) is 27.7 Å². The zero-order valence-electron chi connectivity index (χ0n) is 10.3. The Morgan fingerprint density at radius 3 is 1.16 bits per heavy atom. The van der Waals surface area contributed by atoms with Gasteiger partial charge in [0, 0.05) is 11.2 Å². The third-order valence-corrected chi connectivity index (χ3v) is 3.80. The maximum Gasteiger partial charge on any atom is 0.425 e. The van der Waals surface area contributed by atoms with E-state index in [0.29, 0.717) is 27.7 Å². The van der Waals surface area contributed by atoms with E-state index in [2.05, 4.69) is 9.05 Å². The molecule has 0 atom stereocenters. The molecule has 0 heterocycles. The molecule has 116 valence electrons. The van der Waals surface area contributed by atoms with E-state index < -0.39 is 30.5 Å². The lowest BCUT2D eigenvalue weighted by molar-refractivity contribution is -0.251. The summed E-state index contributed by atoms with van der Waals surface area (Å²) in [6, 6.07) is 0. The fraction of sp³-hybridized carbons (Fsp3) is 1.00. The molecule has 0 unspecified atom stereocenters. The van der Waals surface area contributed by atoms with Gasteiger partial charge in [0.15, 0.2) is 11.2 Å². The second-order valence-corrected chi connectivity index (χ2v) is 7.10. The number of rotatable bonds is 4. The Morgan fingerprint density at radius 2 is 1.00 bits per heavy atom. The predicted octanol–water partition coefficient (Wildman–Crippen LogP) is 5.05. The minimum atomic E-state index is -5.10. The molecular formula is C8H12ClF6O3P. The summed E-state index contributed by atoms with van der Waals surface area (Å²) in [6.07, 6.45) is -9.97. The van der Waals surface area contributed by atoms with Gasteiger partial charge < -0.3 is 0 Å². The topological polar surface area (TPSA) is 35.5 Å². The zero-order valence-corrected chi connectivity index (χ0v) is 12.0. The van der Waals surface area contributed by atoms with Crippen molar-refractivity contribution in [2.75, 3.05) is 0 Å². The second kappa shape index (κ2) is 5.09. The van der Waals surface area contributed by atoms with Crippen LogP contribution in [0.3, 0.4) is 0 Å². The van der Waals surface area contributed by atoms with Gasteiger partial charge in [0.2, 0.25) is 0 Å². The van der Waals surface area contributed by atoms with Crippen LogP contribution < -0.4 is 0 Å². The van der Waals surface area contributed by atoms with Gasteiger partial charge in [0.1, 0.15) is 0 Å². The first-order valence-electron chi connectivity index (χ1n) is 4.76. The molecule has 0 spiro atoms. The van der Waals surface area contributed by atoms with Gasteiger partial charge in [-0.3, -0.25) is 9.05 Å². The van der Waals surface area contributed by atoms with Gasteiger partial charge in [-0.2, -0.15) is 26.3 Å². The van der Waals surface area contributed by atoms with Crippen molar-refractivity contribution in [3.05, 3.63) is 0 Å². The maximum absolute atomic E-state index is 12.4. The highest BCUT2D eigenvalue weighted by Crippen LogP contribution is 2.62. The summed E-state index contributed by atoms with van der Waals surface area (Å²) in [5.74, 6) is 0.